The van der Waals surface area contributed by atoms with Gasteiger partial charge in [-0.2, -0.15) is 0 Å². The maximum Gasteiger partial charge on any atom is 0.222 e. The molecule has 0 bridgehead atoms. The van der Waals surface area contributed by atoms with Crippen molar-refractivity contribution in [3.8, 4) is 0 Å². The number of para-hydroxylation sites is 1. The molecule has 2 aromatic carbocycles. The number of carbonyl (C=O) groups excluding carboxylic acids is 1. The first-order valence-corrected chi connectivity index (χ1v) is 7.76. The van der Waals surface area contributed by atoms with E-state index in [0.29, 0.717) is 11.4 Å². The van der Waals surface area contributed by atoms with Crippen LogP contribution in [0.2, 0.25) is 5.02 Å². The molecule has 4 rings (SSSR count). The van der Waals surface area contributed by atoms with Crippen molar-refractivity contribution in [1.29, 1.82) is 0 Å². The Morgan fingerprint density at radius 2 is 1.95 bits per heavy atom. The average molecular weight is 311 g/mol. The molecular weight excluding hydrogens is 296 g/mol. The first kappa shape index (κ1) is 13.5. The van der Waals surface area contributed by atoms with Crippen molar-refractivity contribution in [3.05, 3.63) is 53.2 Å². The number of halogens is 1. The summed E-state index contributed by atoms with van der Waals surface area (Å²) in [6.07, 6.45) is 1.39. The first-order chi connectivity index (χ1) is 10.6. The number of benzene rings is 2. The zero-order valence-corrected chi connectivity index (χ0v) is 13.0. The molecule has 2 heterocycles. The van der Waals surface area contributed by atoms with Gasteiger partial charge in [0.05, 0.1) is 17.3 Å². The van der Waals surface area contributed by atoms with Crippen LogP contribution in [-0.4, -0.2) is 22.8 Å². The van der Waals surface area contributed by atoms with Crippen LogP contribution in [0.3, 0.4) is 0 Å². The molecule has 1 saturated heterocycles. The number of fused-ring (bicyclic) bond motifs is 3. The largest absolute Gasteiger partial charge is 0.337 e. The molecule has 4 heteroatoms. The molecule has 3 aromatic rings. The zero-order valence-electron chi connectivity index (χ0n) is 12.2. The van der Waals surface area contributed by atoms with Gasteiger partial charge in [-0.15, -0.1) is 0 Å². The summed E-state index contributed by atoms with van der Waals surface area (Å²) in [5.41, 5.74) is 1.91. The molecule has 0 N–H and O–H groups in total. The van der Waals surface area contributed by atoms with Gasteiger partial charge in [-0.25, -0.2) is 4.98 Å². The molecule has 0 radical (unpaired) electrons. The predicted octanol–water partition coefficient (Wildman–Crippen LogP) is 4.33. The van der Waals surface area contributed by atoms with E-state index in [1.807, 2.05) is 43.4 Å². The monoisotopic (exact) mass is 310 g/mol. The lowest BCUT2D eigenvalue weighted by atomic mass is 9.99. The molecule has 1 aliphatic heterocycles. The quantitative estimate of drug-likeness (QED) is 0.627. The van der Waals surface area contributed by atoms with Gasteiger partial charge in [0.25, 0.3) is 0 Å². The van der Waals surface area contributed by atoms with Crippen LogP contribution in [0, 0.1) is 0 Å². The highest BCUT2D eigenvalue weighted by Gasteiger charge is 2.31. The molecular formula is C18H15ClN2O. The number of rotatable bonds is 1. The number of carbonyl (C=O) groups is 1. The summed E-state index contributed by atoms with van der Waals surface area (Å²) in [4.78, 5) is 18.6. The summed E-state index contributed by atoms with van der Waals surface area (Å²) in [7, 11) is 1.85. The third-order valence-electron chi connectivity index (χ3n) is 4.50. The van der Waals surface area contributed by atoms with Gasteiger partial charge in [0.15, 0.2) is 0 Å². The summed E-state index contributed by atoms with van der Waals surface area (Å²) >= 11 is 6.21. The number of hydrogen-bond acceptors (Lipinski definition) is 2. The Kier molecular flexibility index (Phi) is 3.05. The standard InChI is InChI=1S/C18H15ClN2O/c1-21-16(8-9-17(21)22)18-14-10-11(19)6-7-12(14)13-4-2-3-5-15(13)20-18/h2-7,10,16H,8-9H2,1H3/t16-/m0/s1. The van der Waals surface area contributed by atoms with E-state index in [1.54, 1.807) is 4.90 Å². The van der Waals surface area contributed by atoms with Crippen LogP contribution in [-0.2, 0) is 4.79 Å². The Hall–Kier alpha value is -2.13. The van der Waals surface area contributed by atoms with E-state index >= 15 is 0 Å². The van der Waals surface area contributed by atoms with Gasteiger partial charge in [-0.1, -0.05) is 35.9 Å². The van der Waals surface area contributed by atoms with Crippen molar-refractivity contribution in [2.45, 2.75) is 18.9 Å². The smallest absolute Gasteiger partial charge is 0.222 e. The third kappa shape index (κ3) is 1.97. The maximum atomic E-state index is 11.9. The number of hydrogen-bond donors (Lipinski definition) is 0. The molecule has 110 valence electrons. The molecule has 3 nitrogen and oxygen atoms in total. The normalized spacial score (nSPS) is 18.5. The van der Waals surface area contributed by atoms with E-state index in [4.69, 9.17) is 16.6 Å². The van der Waals surface area contributed by atoms with Gasteiger partial charge in [-0.05, 0) is 30.0 Å². The zero-order chi connectivity index (χ0) is 15.3. The maximum absolute atomic E-state index is 11.9. The summed E-state index contributed by atoms with van der Waals surface area (Å²) in [5, 5.41) is 3.98. The number of pyridine rings is 1. The Morgan fingerprint density at radius 3 is 2.73 bits per heavy atom. The second-order valence-electron chi connectivity index (χ2n) is 5.76. The molecule has 1 aliphatic rings. The van der Waals surface area contributed by atoms with Crippen LogP contribution in [0.5, 0.6) is 0 Å². The van der Waals surface area contributed by atoms with Crippen molar-refractivity contribution in [1.82, 2.24) is 9.88 Å². The SMILES string of the molecule is CN1C(=O)CC[C@H]1c1nc2ccccc2c2ccc(Cl)cc12. The van der Waals surface area contributed by atoms with E-state index in [0.717, 1.165) is 33.8 Å². The van der Waals surface area contributed by atoms with Crippen LogP contribution in [0.1, 0.15) is 24.6 Å². The molecule has 1 fully saturated rings. The van der Waals surface area contributed by atoms with Gasteiger partial charge in [0, 0.05) is 29.3 Å². The number of amides is 1. The van der Waals surface area contributed by atoms with Crippen molar-refractivity contribution in [2.75, 3.05) is 7.05 Å². The Bertz CT molecular complexity index is 906. The van der Waals surface area contributed by atoms with E-state index in [2.05, 4.69) is 6.07 Å². The van der Waals surface area contributed by atoms with Gasteiger partial charge in [0.1, 0.15) is 0 Å². The van der Waals surface area contributed by atoms with E-state index in [9.17, 15) is 4.79 Å². The van der Waals surface area contributed by atoms with Crippen LogP contribution in [0.25, 0.3) is 21.7 Å². The van der Waals surface area contributed by atoms with Crippen LogP contribution >= 0.6 is 11.6 Å². The predicted molar refractivity (Wildman–Crippen MR) is 89.0 cm³/mol. The van der Waals surface area contributed by atoms with Gasteiger partial charge >= 0.3 is 0 Å². The molecule has 0 unspecified atom stereocenters. The molecule has 0 aliphatic carbocycles. The Morgan fingerprint density at radius 1 is 1.14 bits per heavy atom. The molecule has 1 aromatic heterocycles. The van der Waals surface area contributed by atoms with E-state index in [-0.39, 0.29) is 11.9 Å². The molecule has 1 atom stereocenters. The summed E-state index contributed by atoms with van der Waals surface area (Å²) in [6, 6.07) is 14.0. The third-order valence-corrected chi connectivity index (χ3v) is 4.74. The molecule has 22 heavy (non-hydrogen) atoms. The minimum atomic E-state index is 0.0260. The highest BCUT2D eigenvalue weighted by atomic mass is 35.5. The van der Waals surface area contributed by atoms with Gasteiger partial charge < -0.3 is 4.90 Å². The fraction of sp³-hybridized carbons (Fsp3) is 0.222. The summed E-state index contributed by atoms with van der Waals surface area (Å²) < 4.78 is 0. The minimum Gasteiger partial charge on any atom is -0.337 e. The average Bonchev–Trinajstić information content (AvgIpc) is 2.86. The number of aromatic nitrogens is 1. The van der Waals surface area contributed by atoms with Gasteiger partial charge in [-0.3, -0.25) is 4.79 Å². The molecule has 1 amide bonds. The number of nitrogens with zero attached hydrogens (tertiary/aromatic N) is 2. The van der Waals surface area contributed by atoms with Crippen molar-refractivity contribution in [2.24, 2.45) is 0 Å². The lowest BCUT2D eigenvalue weighted by molar-refractivity contribution is -0.127. The van der Waals surface area contributed by atoms with Crippen LogP contribution in [0.15, 0.2) is 42.5 Å². The second-order valence-corrected chi connectivity index (χ2v) is 6.20. The molecule has 0 spiro atoms. The second kappa shape index (κ2) is 4.96. The highest BCUT2D eigenvalue weighted by Crippen LogP contribution is 2.37. The van der Waals surface area contributed by atoms with Crippen molar-refractivity contribution < 1.29 is 4.79 Å². The van der Waals surface area contributed by atoms with Crippen molar-refractivity contribution >= 4 is 39.2 Å². The fourth-order valence-corrected chi connectivity index (χ4v) is 3.50. The van der Waals surface area contributed by atoms with Crippen LogP contribution in [0.4, 0.5) is 0 Å². The lowest BCUT2D eigenvalue weighted by Crippen LogP contribution is -2.23. The fourth-order valence-electron chi connectivity index (χ4n) is 3.33. The van der Waals surface area contributed by atoms with Crippen molar-refractivity contribution in [3.63, 3.8) is 0 Å². The molecule has 0 saturated carbocycles. The Labute approximate surface area is 133 Å². The Balaban J connectivity index is 2.07. The summed E-state index contributed by atoms with van der Waals surface area (Å²) in [6.45, 7) is 0. The topological polar surface area (TPSA) is 33.2 Å². The van der Waals surface area contributed by atoms with E-state index < -0.39 is 0 Å². The lowest BCUT2D eigenvalue weighted by Gasteiger charge is -2.21. The summed E-state index contributed by atoms with van der Waals surface area (Å²) in [5.74, 6) is 0.176. The number of likely N-dealkylation sites (tertiary alicyclic amines) is 1. The van der Waals surface area contributed by atoms with Crippen LogP contribution < -0.4 is 0 Å². The highest BCUT2D eigenvalue weighted by molar-refractivity contribution is 6.31. The minimum absolute atomic E-state index is 0.0260. The van der Waals surface area contributed by atoms with Gasteiger partial charge in [0.2, 0.25) is 5.91 Å². The first-order valence-electron chi connectivity index (χ1n) is 7.39. The van der Waals surface area contributed by atoms with E-state index in [1.165, 1.54) is 0 Å².